The van der Waals surface area contributed by atoms with Gasteiger partial charge in [0.1, 0.15) is 11.5 Å². The summed E-state index contributed by atoms with van der Waals surface area (Å²) in [7, 11) is 3.14. The first-order valence-electron chi connectivity index (χ1n) is 7.92. The molecule has 3 aromatic rings. The number of hydrogen-bond acceptors (Lipinski definition) is 6. The SMILES string of the molecule is COc1ccc2nc(NC(=O)Cc3cc(C(C)=O)ccc3OC)sc2c1. The van der Waals surface area contributed by atoms with Crippen molar-refractivity contribution in [2.24, 2.45) is 0 Å². The van der Waals surface area contributed by atoms with E-state index in [0.717, 1.165) is 16.0 Å². The molecule has 0 saturated carbocycles. The number of hydrogen-bond donors (Lipinski definition) is 1. The van der Waals surface area contributed by atoms with Crippen LogP contribution in [0.4, 0.5) is 5.13 Å². The molecule has 26 heavy (non-hydrogen) atoms. The van der Waals surface area contributed by atoms with Crippen molar-refractivity contribution in [3.8, 4) is 11.5 Å². The topological polar surface area (TPSA) is 77.5 Å². The Morgan fingerprint density at radius 1 is 1.12 bits per heavy atom. The molecule has 0 spiro atoms. The minimum absolute atomic E-state index is 0.0607. The number of carbonyl (C=O) groups excluding carboxylic acids is 2. The van der Waals surface area contributed by atoms with Gasteiger partial charge >= 0.3 is 0 Å². The van der Waals surface area contributed by atoms with E-state index in [1.54, 1.807) is 25.3 Å². The van der Waals surface area contributed by atoms with Gasteiger partial charge in [-0.25, -0.2) is 4.98 Å². The van der Waals surface area contributed by atoms with Crippen LogP contribution >= 0.6 is 11.3 Å². The van der Waals surface area contributed by atoms with Gasteiger partial charge in [0.05, 0.1) is 30.9 Å². The molecule has 0 unspecified atom stereocenters. The van der Waals surface area contributed by atoms with Crippen LogP contribution in [0.3, 0.4) is 0 Å². The van der Waals surface area contributed by atoms with Crippen LogP contribution in [0.2, 0.25) is 0 Å². The molecule has 0 aliphatic rings. The summed E-state index contributed by atoms with van der Waals surface area (Å²) in [6.07, 6.45) is 0.0868. The van der Waals surface area contributed by atoms with Gasteiger partial charge in [-0.05, 0) is 43.3 Å². The van der Waals surface area contributed by atoms with Crippen LogP contribution in [0.15, 0.2) is 36.4 Å². The van der Waals surface area contributed by atoms with Crippen molar-refractivity contribution in [3.05, 3.63) is 47.5 Å². The molecule has 0 bridgehead atoms. The molecule has 134 valence electrons. The Morgan fingerprint density at radius 3 is 2.62 bits per heavy atom. The van der Waals surface area contributed by atoms with Crippen molar-refractivity contribution >= 4 is 38.4 Å². The molecule has 3 rings (SSSR count). The summed E-state index contributed by atoms with van der Waals surface area (Å²) >= 11 is 1.38. The fraction of sp³-hybridized carbons (Fsp3) is 0.211. The summed E-state index contributed by atoms with van der Waals surface area (Å²) in [6.45, 7) is 1.49. The molecule has 1 N–H and O–H groups in total. The molecule has 6 nitrogen and oxygen atoms in total. The second-order valence-corrected chi connectivity index (χ2v) is 6.69. The van der Waals surface area contributed by atoms with Crippen LogP contribution in [0.1, 0.15) is 22.8 Å². The van der Waals surface area contributed by atoms with Crippen LogP contribution in [0.5, 0.6) is 11.5 Å². The van der Waals surface area contributed by atoms with E-state index in [2.05, 4.69) is 10.3 Å². The molecule has 1 amide bonds. The number of nitrogens with zero attached hydrogens (tertiary/aromatic N) is 1. The third-order valence-corrected chi connectivity index (χ3v) is 4.81. The maximum atomic E-state index is 12.4. The Balaban J connectivity index is 1.78. The van der Waals surface area contributed by atoms with Gasteiger partial charge in [0, 0.05) is 11.1 Å². The van der Waals surface area contributed by atoms with Crippen LogP contribution < -0.4 is 14.8 Å². The summed E-state index contributed by atoms with van der Waals surface area (Å²) in [4.78, 5) is 28.4. The summed E-state index contributed by atoms with van der Waals surface area (Å²) in [6, 6.07) is 10.6. The zero-order valence-electron chi connectivity index (χ0n) is 14.7. The van der Waals surface area contributed by atoms with E-state index >= 15 is 0 Å². The van der Waals surface area contributed by atoms with E-state index in [1.807, 2.05) is 18.2 Å². The summed E-state index contributed by atoms with van der Waals surface area (Å²) < 4.78 is 11.4. The van der Waals surface area contributed by atoms with Crippen molar-refractivity contribution in [1.82, 2.24) is 4.98 Å². The number of Topliss-reactive ketones (excluding diaryl/α,β-unsaturated/α-hetero) is 1. The number of rotatable bonds is 6. The number of methoxy groups -OCH3 is 2. The van der Waals surface area contributed by atoms with E-state index in [4.69, 9.17) is 9.47 Å². The molecule has 7 heteroatoms. The van der Waals surface area contributed by atoms with Crippen molar-refractivity contribution in [1.29, 1.82) is 0 Å². The molecule has 0 fully saturated rings. The molecule has 1 aromatic heterocycles. The van der Waals surface area contributed by atoms with Gasteiger partial charge in [-0.1, -0.05) is 11.3 Å². The number of aromatic nitrogens is 1. The fourth-order valence-corrected chi connectivity index (χ4v) is 3.47. The number of ketones is 1. The van der Waals surface area contributed by atoms with E-state index < -0.39 is 0 Å². The molecule has 0 radical (unpaired) electrons. The number of carbonyl (C=O) groups is 2. The fourth-order valence-electron chi connectivity index (χ4n) is 2.56. The summed E-state index contributed by atoms with van der Waals surface area (Å²) in [5.41, 5.74) is 1.99. The molecule has 0 aliphatic heterocycles. The van der Waals surface area contributed by atoms with Gasteiger partial charge in [-0.3, -0.25) is 9.59 Å². The number of ether oxygens (including phenoxy) is 2. The van der Waals surface area contributed by atoms with Gasteiger partial charge in [-0.2, -0.15) is 0 Å². The maximum absolute atomic E-state index is 12.4. The van der Waals surface area contributed by atoms with E-state index in [1.165, 1.54) is 25.4 Å². The number of anilines is 1. The van der Waals surface area contributed by atoms with Crippen LogP contribution in [-0.2, 0) is 11.2 Å². The number of fused-ring (bicyclic) bond motifs is 1. The largest absolute Gasteiger partial charge is 0.497 e. The highest BCUT2D eigenvalue weighted by Gasteiger charge is 2.13. The van der Waals surface area contributed by atoms with Crippen LogP contribution in [-0.4, -0.2) is 30.9 Å². The highest BCUT2D eigenvalue weighted by atomic mass is 32.1. The van der Waals surface area contributed by atoms with Gasteiger partial charge in [0.25, 0.3) is 0 Å². The highest BCUT2D eigenvalue weighted by molar-refractivity contribution is 7.22. The highest BCUT2D eigenvalue weighted by Crippen LogP contribution is 2.29. The standard InChI is InChI=1S/C19H18N2O4S/c1-11(22)12-4-7-16(25-3)13(8-12)9-18(23)21-19-20-15-6-5-14(24-2)10-17(15)26-19/h4-8,10H,9H2,1-3H3,(H,20,21,23). The van der Waals surface area contributed by atoms with Crippen LogP contribution in [0, 0.1) is 0 Å². The van der Waals surface area contributed by atoms with E-state index in [-0.39, 0.29) is 18.1 Å². The van der Waals surface area contributed by atoms with Crippen molar-refractivity contribution in [3.63, 3.8) is 0 Å². The molecule has 1 heterocycles. The lowest BCUT2D eigenvalue weighted by molar-refractivity contribution is -0.115. The quantitative estimate of drug-likeness (QED) is 0.670. The second-order valence-electron chi connectivity index (χ2n) is 5.66. The average Bonchev–Trinajstić information content (AvgIpc) is 3.02. The first kappa shape index (κ1) is 17.9. The smallest absolute Gasteiger partial charge is 0.230 e. The van der Waals surface area contributed by atoms with Gasteiger partial charge in [0.2, 0.25) is 5.91 Å². The van der Waals surface area contributed by atoms with Crippen molar-refractivity contribution in [2.45, 2.75) is 13.3 Å². The lowest BCUT2D eigenvalue weighted by Crippen LogP contribution is -2.15. The Hall–Kier alpha value is -2.93. The van der Waals surface area contributed by atoms with E-state index in [9.17, 15) is 9.59 Å². The van der Waals surface area contributed by atoms with E-state index in [0.29, 0.717) is 22.0 Å². The lowest BCUT2D eigenvalue weighted by atomic mass is 10.0. The first-order chi connectivity index (χ1) is 12.5. The zero-order chi connectivity index (χ0) is 18.7. The van der Waals surface area contributed by atoms with Gasteiger partial charge in [0.15, 0.2) is 10.9 Å². The minimum Gasteiger partial charge on any atom is -0.497 e. The maximum Gasteiger partial charge on any atom is 0.230 e. The number of amides is 1. The molecular weight excluding hydrogens is 352 g/mol. The zero-order valence-corrected chi connectivity index (χ0v) is 15.5. The van der Waals surface area contributed by atoms with Crippen LogP contribution in [0.25, 0.3) is 10.2 Å². The monoisotopic (exact) mass is 370 g/mol. The second kappa shape index (κ2) is 7.53. The number of benzene rings is 2. The number of nitrogens with one attached hydrogen (secondary N) is 1. The Morgan fingerprint density at radius 2 is 1.92 bits per heavy atom. The van der Waals surface area contributed by atoms with Crippen molar-refractivity contribution in [2.75, 3.05) is 19.5 Å². The molecule has 2 aromatic carbocycles. The first-order valence-corrected chi connectivity index (χ1v) is 8.74. The Labute approximate surface area is 154 Å². The molecule has 0 aliphatic carbocycles. The van der Waals surface area contributed by atoms with Crippen molar-refractivity contribution < 1.29 is 19.1 Å². The minimum atomic E-state index is -0.227. The molecule has 0 saturated heterocycles. The third-order valence-electron chi connectivity index (χ3n) is 3.88. The number of thiazole rings is 1. The predicted molar refractivity (Wildman–Crippen MR) is 102 cm³/mol. The lowest BCUT2D eigenvalue weighted by Gasteiger charge is -2.09. The molecule has 0 atom stereocenters. The molecular formula is C19H18N2O4S. The summed E-state index contributed by atoms with van der Waals surface area (Å²) in [5, 5.41) is 3.32. The Kier molecular flexibility index (Phi) is 5.18. The summed E-state index contributed by atoms with van der Waals surface area (Å²) in [5.74, 6) is 1.02. The van der Waals surface area contributed by atoms with Gasteiger partial charge in [-0.15, -0.1) is 0 Å². The van der Waals surface area contributed by atoms with Gasteiger partial charge < -0.3 is 14.8 Å². The normalized spacial score (nSPS) is 10.6. The average molecular weight is 370 g/mol. The third kappa shape index (κ3) is 3.83. The predicted octanol–water partition coefficient (Wildman–Crippen LogP) is 3.70. The Bertz CT molecular complexity index is 981.